The molecule has 0 radical (unpaired) electrons. The van der Waals surface area contributed by atoms with Crippen LogP contribution < -0.4 is 0 Å². The zero-order valence-electron chi connectivity index (χ0n) is 11.5. The first-order chi connectivity index (χ1) is 7.61. The van der Waals surface area contributed by atoms with Crippen LogP contribution >= 0.6 is 0 Å². The highest BCUT2D eigenvalue weighted by molar-refractivity contribution is 5.34. The third-order valence-electron chi connectivity index (χ3n) is 1.95. The Morgan fingerprint density at radius 3 is 2.00 bits per heavy atom. The Morgan fingerprint density at radius 2 is 1.62 bits per heavy atom. The van der Waals surface area contributed by atoms with Crippen molar-refractivity contribution in [2.75, 3.05) is 0 Å². The lowest BCUT2D eigenvalue weighted by Gasteiger charge is -2.02. The fourth-order valence-electron chi connectivity index (χ4n) is 1.09. The van der Waals surface area contributed by atoms with Crippen molar-refractivity contribution in [2.24, 2.45) is 0 Å². The van der Waals surface area contributed by atoms with Gasteiger partial charge in [-0.3, -0.25) is 0 Å². The zero-order chi connectivity index (χ0) is 13.0. The van der Waals surface area contributed by atoms with Gasteiger partial charge in [-0.05, 0) is 44.4 Å². The zero-order valence-corrected chi connectivity index (χ0v) is 11.5. The molecule has 16 heavy (non-hydrogen) atoms. The molecule has 0 aliphatic rings. The summed E-state index contributed by atoms with van der Waals surface area (Å²) in [4.78, 5) is 0. The number of aliphatic hydroxyl groups is 1. The Morgan fingerprint density at radius 1 is 1.06 bits per heavy atom. The van der Waals surface area contributed by atoms with Crippen molar-refractivity contribution >= 4 is 0 Å². The Hall–Kier alpha value is -1.24. The number of rotatable bonds is 4. The smallest absolute Gasteiger partial charge is 0.0891 e. The normalized spacial score (nSPS) is 13.8. The van der Waals surface area contributed by atoms with E-state index >= 15 is 0 Å². The van der Waals surface area contributed by atoms with Crippen LogP contribution in [0.1, 0.15) is 48.0 Å². The summed E-state index contributed by atoms with van der Waals surface area (Å²) in [6, 6.07) is 0. The van der Waals surface area contributed by atoms with E-state index in [0.717, 1.165) is 6.42 Å². The molecule has 1 N–H and O–H groups in total. The highest BCUT2D eigenvalue weighted by atomic mass is 16.3. The van der Waals surface area contributed by atoms with Crippen LogP contribution in [0.15, 0.2) is 47.3 Å². The van der Waals surface area contributed by atoms with Crippen molar-refractivity contribution in [1.82, 2.24) is 0 Å². The molecular weight excluding hydrogens is 196 g/mol. The van der Waals surface area contributed by atoms with E-state index in [9.17, 15) is 0 Å². The van der Waals surface area contributed by atoms with Gasteiger partial charge >= 0.3 is 0 Å². The second kappa shape index (κ2) is 11.8. The molecule has 0 unspecified atom stereocenters. The number of hydrogen-bond acceptors (Lipinski definition) is 1. The van der Waals surface area contributed by atoms with E-state index in [4.69, 9.17) is 5.11 Å². The van der Waals surface area contributed by atoms with Gasteiger partial charge in [0.15, 0.2) is 0 Å². The Kier molecular flexibility index (Phi) is 12.7. The van der Waals surface area contributed by atoms with Gasteiger partial charge in [-0.15, -0.1) is 0 Å². The van der Waals surface area contributed by atoms with Gasteiger partial charge < -0.3 is 5.11 Å². The minimum Gasteiger partial charge on any atom is -0.513 e. The van der Waals surface area contributed by atoms with Crippen molar-refractivity contribution in [3.63, 3.8) is 0 Å². The summed E-state index contributed by atoms with van der Waals surface area (Å²) in [5.74, 6) is 0.339. The first kappa shape index (κ1) is 17.2. The second-order valence-corrected chi connectivity index (χ2v) is 3.23. The van der Waals surface area contributed by atoms with Gasteiger partial charge in [0.1, 0.15) is 0 Å². The molecule has 0 fully saturated rings. The molecule has 1 heteroatoms. The molecule has 0 bridgehead atoms. The fraction of sp³-hybridized carbons (Fsp3) is 0.467. The van der Waals surface area contributed by atoms with Crippen molar-refractivity contribution in [3.05, 3.63) is 47.3 Å². The van der Waals surface area contributed by atoms with Crippen LogP contribution in [0.2, 0.25) is 0 Å². The standard InChI is InChI=1S/C13H20O.C2H6/c1-5-7-8-13(6-2)11(3)9-10-12(4)14;1-2/h5,7-10,14H,6H2,1-4H3;1-2H3/b7-5-,11-9+,12-10+,13-8+;. The maximum Gasteiger partial charge on any atom is 0.0891 e. The summed E-state index contributed by atoms with van der Waals surface area (Å²) in [5.41, 5.74) is 2.49. The largest absolute Gasteiger partial charge is 0.513 e. The van der Waals surface area contributed by atoms with Crippen LogP contribution in [0.25, 0.3) is 0 Å². The SMILES string of the molecule is CC.C\C=C/C=C(CC)/C(C)=C/C=C(\C)O. The molecular formula is C15H26O. The molecule has 0 aliphatic heterocycles. The summed E-state index contributed by atoms with van der Waals surface area (Å²) in [6.07, 6.45) is 10.8. The highest BCUT2D eigenvalue weighted by Gasteiger charge is 1.94. The van der Waals surface area contributed by atoms with Gasteiger partial charge in [0.2, 0.25) is 0 Å². The van der Waals surface area contributed by atoms with E-state index in [-0.39, 0.29) is 0 Å². The van der Waals surface area contributed by atoms with Crippen molar-refractivity contribution in [3.8, 4) is 0 Å². The van der Waals surface area contributed by atoms with Gasteiger partial charge in [0, 0.05) is 0 Å². The lowest BCUT2D eigenvalue weighted by molar-refractivity contribution is 0.414. The molecule has 0 rings (SSSR count). The molecule has 0 saturated carbocycles. The van der Waals surface area contributed by atoms with Gasteiger partial charge in [0.05, 0.1) is 5.76 Å². The number of aliphatic hydroxyl groups excluding tert-OH is 1. The molecule has 0 aromatic heterocycles. The van der Waals surface area contributed by atoms with Gasteiger partial charge in [-0.1, -0.05) is 45.1 Å². The first-order valence-electron chi connectivity index (χ1n) is 5.98. The number of hydrogen-bond donors (Lipinski definition) is 1. The third-order valence-corrected chi connectivity index (χ3v) is 1.95. The Bertz CT molecular complexity index is 274. The summed E-state index contributed by atoms with van der Waals surface area (Å²) < 4.78 is 0. The van der Waals surface area contributed by atoms with E-state index in [0.29, 0.717) is 5.76 Å². The Balaban J connectivity index is 0. The maximum absolute atomic E-state index is 9.01. The van der Waals surface area contributed by atoms with Crippen LogP contribution in [0.5, 0.6) is 0 Å². The summed E-state index contributed by atoms with van der Waals surface area (Å²) in [7, 11) is 0. The van der Waals surface area contributed by atoms with Crippen molar-refractivity contribution in [2.45, 2.75) is 48.0 Å². The quantitative estimate of drug-likeness (QED) is 0.503. The summed E-state index contributed by atoms with van der Waals surface area (Å²) >= 11 is 0. The molecule has 1 nitrogen and oxygen atoms in total. The van der Waals surface area contributed by atoms with Gasteiger partial charge in [-0.25, -0.2) is 0 Å². The molecule has 92 valence electrons. The van der Waals surface area contributed by atoms with E-state index in [1.165, 1.54) is 11.1 Å². The van der Waals surface area contributed by atoms with Crippen LogP contribution in [-0.4, -0.2) is 5.11 Å². The molecule has 0 heterocycles. The molecule has 0 atom stereocenters. The topological polar surface area (TPSA) is 20.2 Å². The maximum atomic E-state index is 9.01. The van der Waals surface area contributed by atoms with Crippen LogP contribution in [0.3, 0.4) is 0 Å². The average molecular weight is 222 g/mol. The molecule has 0 aromatic rings. The van der Waals surface area contributed by atoms with Crippen LogP contribution in [0, 0.1) is 0 Å². The predicted octanol–water partition coefficient (Wildman–Crippen LogP) is 5.33. The van der Waals surface area contributed by atoms with E-state index in [1.54, 1.807) is 13.0 Å². The van der Waals surface area contributed by atoms with Gasteiger partial charge in [-0.2, -0.15) is 0 Å². The minimum atomic E-state index is 0.339. The van der Waals surface area contributed by atoms with Crippen LogP contribution in [-0.2, 0) is 0 Å². The molecule has 0 aliphatic carbocycles. The predicted molar refractivity (Wildman–Crippen MR) is 74.7 cm³/mol. The lowest BCUT2D eigenvalue weighted by atomic mass is 10.0. The molecule has 0 spiro atoms. The van der Waals surface area contributed by atoms with Crippen LogP contribution in [0.4, 0.5) is 0 Å². The van der Waals surface area contributed by atoms with Crippen molar-refractivity contribution in [1.29, 1.82) is 0 Å². The Labute approximate surface area is 101 Å². The number of allylic oxidation sites excluding steroid dienone is 8. The summed E-state index contributed by atoms with van der Waals surface area (Å²) in [5, 5.41) is 9.01. The van der Waals surface area contributed by atoms with Crippen molar-refractivity contribution < 1.29 is 5.11 Å². The van der Waals surface area contributed by atoms with E-state index in [1.807, 2.05) is 39.0 Å². The second-order valence-electron chi connectivity index (χ2n) is 3.23. The average Bonchev–Trinajstić information content (AvgIpc) is 2.30. The van der Waals surface area contributed by atoms with E-state index in [2.05, 4.69) is 19.9 Å². The third kappa shape index (κ3) is 9.32. The monoisotopic (exact) mass is 222 g/mol. The fourth-order valence-corrected chi connectivity index (χ4v) is 1.09. The molecule has 0 amide bonds. The highest BCUT2D eigenvalue weighted by Crippen LogP contribution is 2.13. The van der Waals surface area contributed by atoms with Gasteiger partial charge in [0.25, 0.3) is 0 Å². The first-order valence-corrected chi connectivity index (χ1v) is 5.98. The molecule has 0 aromatic carbocycles. The van der Waals surface area contributed by atoms with E-state index < -0.39 is 0 Å². The summed E-state index contributed by atoms with van der Waals surface area (Å²) in [6.45, 7) is 11.9. The lowest BCUT2D eigenvalue weighted by Crippen LogP contribution is -1.82. The minimum absolute atomic E-state index is 0.339. The molecule has 0 saturated heterocycles.